The first kappa shape index (κ1) is 23.4. The van der Waals surface area contributed by atoms with E-state index in [0.29, 0.717) is 4.88 Å². The van der Waals surface area contributed by atoms with Crippen LogP contribution in [0.1, 0.15) is 35.4 Å². The molecule has 4 N–H and O–H groups in total. The molecule has 0 aliphatic heterocycles. The molecule has 3 aromatic rings. The van der Waals surface area contributed by atoms with Gasteiger partial charge in [-0.25, -0.2) is 8.42 Å². The van der Waals surface area contributed by atoms with Crippen molar-refractivity contribution in [2.45, 2.75) is 49.1 Å². The second-order valence-electron chi connectivity index (χ2n) is 8.45. The summed E-state index contributed by atoms with van der Waals surface area (Å²) in [6, 6.07) is 15.2. The highest BCUT2D eigenvalue weighted by atomic mass is 32.2. The number of thiophene rings is 1. The number of rotatable bonds is 8. The van der Waals surface area contributed by atoms with E-state index in [9.17, 15) is 13.2 Å². The van der Waals surface area contributed by atoms with Crippen LogP contribution < -0.4 is 10.5 Å². The minimum Gasteiger partial charge on any atom is -0.383 e. The SMILES string of the molecule is CN(C(=O)[C@H](Cc1ccc(C(=N)N)s1)NS(=O)(=O)c1ccc2ccccc2c1)C1CCCC1. The van der Waals surface area contributed by atoms with E-state index in [0.717, 1.165) is 41.3 Å². The van der Waals surface area contributed by atoms with Gasteiger partial charge in [-0.15, -0.1) is 11.3 Å². The van der Waals surface area contributed by atoms with Crippen molar-refractivity contribution in [3.63, 3.8) is 0 Å². The van der Waals surface area contributed by atoms with Crippen LogP contribution in [0.2, 0.25) is 0 Å². The molecule has 1 aliphatic carbocycles. The van der Waals surface area contributed by atoms with Crippen LogP contribution in [-0.2, 0) is 21.2 Å². The van der Waals surface area contributed by atoms with Gasteiger partial charge >= 0.3 is 0 Å². The van der Waals surface area contributed by atoms with Gasteiger partial charge in [-0.2, -0.15) is 4.72 Å². The largest absolute Gasteiger partial charge is 0.383 e. The molecule has 1 atom stereocenters. The first-order chi connectivity index (χ1) is 15.7. The number of nitrogen functional groups attached to an aromatic ring is 1. The van der Waals surface area contributed by atoms with Gasteiger partial charge < -0.3 is 10.6 Å². The maximum absolute atomic E-state index is 13.4. The summed E-state index contributed by atoms with van der Waals surface area (Å²) in [5.41, 5.74) is 5.58. The van der Waals surface area contributed by atoms with Gasteiger partial charge in [0.25, 0.3) is 0 Å². The summed E-state index contributed by atoms with van der Waals surface area (Å²) >= 11 is 1.30. The average molecular weight is 485 g/mol. The molecule has 9 heteroatoms. The third-order valence-electron chi connectivity index (χ3n) is 6.18. The maximum atomic E-state index is 13.4. The molecule has 1 aromatic heterocycles. The molecule has 0 spiro atoms. The van der Waals surface area contributed by atoms with Gasteiger partial charge in [0.1, 0.15) is 11.9 Å². The van der Waals surface area contributed by atoms with Crippen LogP contribution in [0.4, 0.5) is 0 Å². The third kappa shape index (κ3) is 5.26. The Bertz CT molecular complexity index is 1280. The molecule has 0 radical (unpaired) electrons. The fourth-order valence-electron chi connectivity index (χ4n) is 4.32. The van der Waals surface area contributed by atoms with Crippen LogP contribution in [0.15, 0.2) is 59.5 Å². The third-order valence-corrected chi connectivity index (χ3v) is 8.79. The van der Waals surface area contributed by atoms with Gasteiger partial charge in [-0.05, 0) is 47.9 Å². The molecule has 1 amide bonds. The second kappa shape index (κ2) is 9.62. The second-order valence-corrected chi connectivity index (χ2v) is 11.3. The van der Waals surface area contributed by atoms with E-state index < -0.39 is 16.1 Å². The van der Waals surface area contributed by atoms with E-state index in [4.69, 9.17) is 11.1 Å². The lowest BCUT2D eigenvalue weighted by Gasteiger charge is -2.29. The quantitative estimate of drug-likeness (QED) is 0.335. The van der Waals surface area contributed by atoms with E-state index in [1.165, 1.54) is 11.3 Å². The van der Waals surface area contributed by atoms with Gasteiger partial charge in [0, 0.05) is 24.4 Å². The Morgan fingerprint density at radius 2 is 1.85 bits per heavy atom. The Balaban J connectivity index is 1.63. The van der Waals surface area contributed by atoms with Gasteiger partial charge in [0.05, 0.1) is 9.77 Å². The smallest absolute Gasteiger partial charge is 0.241 e. The first-order valence-corrected chi connectivity index (χ1v) is 13.3. The van der Waals surface area contributed by atoms with Crippen LogP contribution in [0, 0.1) is 5.41 Å². The zero-order valence-corrected chi connectivity index (χ0v) is 20.1. The Morgan fingerprint density at radius 3 is 2.52 bits per heavy atom. The summed E-state index contributed by atoms with van der Waals surface area (Å²) in [5.74, 6) is -0.294. The summed E-state index contributed by atoms with van der Waals surface area (Å²) in [6.07, 6.45) is 4.20. The monoisotopic (exact) mass is 484 g/mol. The molecule has 33 heavy (non-hydrogen) atoms. The Labute approximate surface area is 198 Å². The van der Waals surface area contributed by atoms with Crippen molar-refractivity contribution < 1.29 is 13.2 Å². The van der Waals surface area contributed by atoms with E-state index in [-0.39, 0.29) is 29.1 Å². The Kier molecular flexibility index (Phi) is 6.83. The van der Waals surface area contributed by atoms with Gasteiger partial charge in [-0.1, -0.05) is 43.2 Å². The van der Waals surface area contributed by atoms with Crippen molar-refractivity contribution in [1.82, 2.24) is 9.62 Å². The fraction of sp³-hybridized carbons (Fsp3) is 0.333. The highest BCUT2D eigenvalue weighted by Gasteiger charge is 2.32. The molecular formula is C24H28N4O3S2. The number of amidine groups is 1. The lowest BCUT2D eigenvalue weighted by Crippen LogP contribution is -2.50. The van der Waals surface area contributed by atoms with Crippen molar-refractivity contribution in [1.29, 1.82) is 5.41 Å². The molecular weight excluding hydrogens is 456 g/mol. The molecule has 0 saturated heterocycles. The van der Waals surface area contributed by atoms with E-state index in [2.05, 4.69) is 4.72 Å². The Morgan fingerprint density at radius 1 is 1.15 bits per heavy atom. The molecule has 1 aliphatic rings. The number of amides is 1. The van der Waals surface area contributed by atoms with Crippen LogP contribution >= 0.6 is 11.3 Å². The van der Waals surface area contributed by atoms with Gasteiger partial charge in [0.2, 0.25) is 15.9 Å². The number of nitrogens with two attached hydrogens (primary N) is 1. The van der Waals surface area contributed by atoms with Crippen molar-refractivity contribution in [2.75, 3.05) is 7.05 Å². The molecule has 0 bridgehead atoms. The zero-order chi connectivity index (χ0) is 23.6. The number of carbonyl (C=O) groups excluding carboxylic acids is 1. The number of sulfonamides is 1. The number of nitrogens with one attached hydrogen (secondary N) is 2. The minimum atomic E-state index is -3.94. The number of hydrogen-bond acceptors (Lipinski definition) is 5. The number of carbonyl (C=O) groups is 1. The molecule has 2 aromatic carbocycles. The van der Waals surface area contributed by atoms with Gasteiger partial charge in [-0.3, -0.25) is 10.2 Å². The van der Waals surface area contributed by atoms with Crippen molar-refractivity contribution in [3.8, 4) is 0 Å². The Hall–Kier alpha value is -2.75. The zero-order valence-electron chi connectivity index (χ0n) is 18.5. The van der Waals surface area contributed by atoms with Gasteiger partial charge in [0.15, 0.2) is 0 Å². The minimum absolute atomic E-state index is 0.0473. The summed E-state index contributed by atoms with van der Waals surface area (Å²) in [7, 11) is -2.19. The lowest BCUT2D eigenvalue weighted by atomic mass is 10.1. The van der Waals surface area contributed by atoms with Crippen molar-refractivity contribution in [2.24, 2.45) is 5.73 Å². The van der Waals surface area contributed by atoms with E-state index in [1.54, 1.807) is 42.3 Å². The van der Waals surface area contributed by atoms with Crippen molar-refractivity contribution >= 4 is 43.9 Å². The maximum Gasteiger partial charge on any atom is 0.241 e. The highest BCUT2D eigenvalue weighted by molar-refractivity contribution is 7.89. The molecule has 174 valence electrons. The van der Waals surface area contributed by atoms with E-state index >= 15 is 0 Å². The highest BCUT2D eigenvalue weighted by Crippen LogP contribution is 2.25. The molecule has 1 saturated carbocycles. The average Bonchev–Trinajstić information content (AvgIpc) is 3.50. The van der Waals surface area contributed by atoms with Crippen LogP contribution in [0.25, 0.3) is 10.8 Å². The van der Waals surface area contributed by atoms with Crippen LogP contribution in [-0.4, -0.2) is 44.2 Å². The number of fused-ring (bicyclic) bond motifs is 1. The fourth-order valence-corrected chi connectivity index (χ4v) is 6.46. The number of hydrogen-bond donors (Lipinski definition) is 3. The summed E-state index contributed by atoms with van der Waals surface area (Å²) in [6.45, 7) is 0. The predicted molar refractivity (Wildman–Crippen MR) is 132 cm³/mol. The number of benzene rings is 2. The topological polar surface area (TPSA) is 116 Å². The standard InChI is InChI=1S/C24H28N4O3S2/c1-28(18-8-4-5-9-18)24(29)21(15-19-11-13-22(32-19)23(25)26)27-33(30,31)20-12-10-16-6-2-3-7-17(16)14-20/h2-3,6-7,10-14,18,21,27H,4-5,8-9,15H2,1H3,(H3,25,26)/t21-/m0/s1. The lowest BCUT2D eigenvalue weighted by molar-refractivity contribution is -0.133. The predicted octanol–water partition coefficient (Wildman–Crippen LogP) is 3.48. The van der Waals surface area contributed by atoms with Crippen LogP contribution in [0.3, 0.4) is 0 Å². The summed E-state index contributed by atoms with van der Waals surface area (Å²) < 4.78 is 29.3. The van der Waals surface area contributed by atoms with Crippen molar-refractivity contribution in [3.05, 3.63) is 64.4 Å². The molecule has 1 heterocycles. The summed E-state index contributed by atoms with van der Waals surface area (Å²) in [4.78, 5) is 16.6. The number of likely N-dealkylation sites (N-methyl/N-ethyl adjacent to an activating group) is 1. The summed E-state index contributed by atoms with van der Waals surface area (Å²) in [5, 5.41) is 9.38. The molecule has 4 rings (SSSR count). The van der Waals surface area contributed by atoms with E-state index in [1.807, 2.05) is 24.3 Å². The number of nitrogens with zero attached hydrogens (tertiary/aromatic N) is 1. The molecule has 1 fully saturated rings. The normalized spacial score (nSPS) is 15.5. The first-order valence-electron chi connectivity index (χ1n) is 11.0. The van der Waals surface area contributed by atoms with Crippen LogP contribution in [0.5, 0.6) is 0 Å². The molecule has 7 nitrogen and oxygen atoms in total. The molecule has 0 unspecified atom stereocenters.